The lowest BCUT2D eigenvalue weighted by molar-refractivity contribution is 0.387. The smallest absolute Gasteiger partial charge is 0.167 e. The molecule has 1 aromatic carbocycles. The second-order valence-corrected chi connectivity index (χ2v) is 4.51. The summed E-state index contributed by atoms with van der Waals surface area (Å²) in [5, 5.41) is 0. The van der Waals surface area contributed by atoms with Gasteiger partial charge in [-0.3, -0.25) is 0 Å². The van der Waals surface area contributed by atoms with Crippen LogP contribution >= 0.6 is 11.6 Å². The first-order valence-electron chi connectivity index (χ1n) is 5.55. The Morgan fingerprint density at radius 1 is 1.53 bits per heavy atom. The topological polar surface area (TPSA) is 27.1 Å². The number of hydrogen-bond acceptors (Lipinski definition) is 2. The molecule has 5 heteroatoms. The van der Waals surface area contributed by atoms with Crippen molar-refractivity contribution >= 4 is 22.6 Å². The van der Waals surface area contributed by atoms with Crippen LogP contribution in [-0.2, 0) is 5.88 Å². The number of methoxy groups -OCH3 is 1. The molecule has 1 heterocycles. The minimum Gasteiger partial charge on any atom is -0.494 e. The minimum absolute atomic E-state index is 0.250. The minimum atomic E-state index is -0.387. The van der Waals surface area contributed by atoms with Crippen molar-refractivity contribution in [2.24, 2.45) is 0 Å². The van der Waals surface area contributed by atoms with E-state index in [2.05, 4.69) is 9.55 Å². The van der Waals surface area contributed by atoms with Crippen LogP contribution in [0.5, 0.6) is 5.75 Å². The molecule has 3 nitrogen and oxygen atoms in total. The largest absolute Gasteiger partial charge is 0.494 e. The predicted octanol–water partition coefficient (Wildman–Crippen LogP) is 3.26. The zero-order chi connectivity index (χ0) is 12.0. The lowest BCUT2D eigenvalue weighted by Crippen LogP contribution is -1.99. The summed E-state index contributed by atoms with van der Waals surface area (Å²) in [7, 11) is 1.46. The number of hydrogen-bond donors (Lipinski definition) is 0. The van der Waals surface area contributed by atoms with Gasteiger partial charge in [-0.25, -0.2) is 9.37 Å². The third-order valence-electron chi connectivity index (χ3n) is 3.07. The molecule has 0 atom stereocenters. The molecule has 0 bridgehead atoms. The highest BCUT2D eigenvalue weighted by atomic mass is 35.5. The van der Waals surface area contributed by atoms with Crippen LogP contribution in [0, 0.1) is 5.82 Å². The first kappa shape index (κ1) is 10.8. The third kappa shape index (κ3) is 1.67. The molecule has 1 aliphatic carbocycles. The van der Waals surface area contributed by atoms with Crippen molar-refractivity contribution in [1.82, 2.24) is 9.55 Å². The van der Waals surface area contributed by atoms with E-state index in [1.807, 2.05) is 0 Å². The molecule has 0 unspecified atom stereocenters. The van der Waals surface area contributed by atoms with Crippen LogP contribution in [0.3, 0.4) is 0 Å². The normalized spacial score (nSPS) is 15.5. The Kier molecular flexibility index (Phi) is 2.47. The highest BCUT2D eigenvalue weighted by Gasteiger charge is 2.28. The predicted molar refractivity (Wildman–Crippen MR) is 64.1 cm³/mol. The molecule has 1 aliphatic rings. The highest BCUT2D eigenvalue weighted by Crippen LogP contribution is 2.40. The molecule has 0 radical (unpaired) electrons. The molecular formula is C12H12ClFN2O. The molecule has 90 valence electrons. The van der Waals surface area contributed by atoms with Crippen LogP contribution in [0.15, 0.2) is 12.1 Å². The van der Waals surface area contributed by atoms with Gasteiger partial charge in [-0.1, -0.05) is 0 Å². The molecule has 0 N–H and O–H groups in total. The van der Waals surface area contributed by atoms with Crippen LogP contribution in [0.1, 0.15) is 24.7 Å². The number of imidazole rings is 1. The molecule has 1 fully saturated rings. The fourth-order valence-electron chi connectivity index (χ4n) is 2.14. The molecule has 0 spiro atoms. The Morgan fingerprint density at radius 3 is 2.88 bits per heavy atom. The average molecular weight is 255 g/mol. The van der Waals surface area contributed by atoms with E-state index in [1.54, 1.807) is 6.07 Å². The number of ether oxygens (including phenoxy) is 1. The van der Waals surface area contributed by atoms with E-state index in [-0.39, 0.29) is 11.6 Å². The van der Waals surface area contributed by atoms with E-state index in [9.17, 15) is 4.39 Å². The average Bonchev–Trinajstić information content (AvgIpc) is 3.10. The zero-order valence-corrected chi connectivity index (χ0v) is 10.2. The number of benzene rings is 1. The quantitative estimate of drug-likeness (QED) is 0.786. The zero-order valence-electron chi connectivity index (χ0n) is 9.41. The molecule has 17 heavy (non-hydrogen) atoms. The molecule has 3 rings (SSSR count). The molecular weight excluding hydrogens is 243 g/mol. The van der Waals surface area contributed by atoms with E-state index in [0.717, 1.165) is 24.2 Å². The number of rotatable bonds is 3. The van der Waals surface area contributed by atoms with Crippen molar-refractivity contribution in [3.63, 3.8) is 0 Å². The van der Waals surface area contributed by atoms with Gasteiger partial charge in [0.25, 0.3) is 0 Å². The standard InChI is InChI=1S/C12H12ClFN2O/c1-17-11-5-10-9(4-8(11)14)15-12(6-13)16(10)7-2-3-7/h4-5,7H,2-3,6H2,1H3. The molecule has 1 saturated carbocycles. The number of halogens is 2. The van der Waals surface area contributed by atoms with Crippen molar-refractivity contribution in [2.75, 3.05) is 7.11 Å². The van der Waals surface area contributed by atoms with Crippen LogP contribution in [0.2, 0.25) is 0 Å². The Labute approximate surface area is 103 Å². The summed E-state index contributed by atoms with van der Waals surface area (Å²) in [5.74, 6) is 1.01. The maximum Gasteiger partial charge on any atom is 0.167 e. The Balaban J connectivity index is 2.27. The molecule has 0 aliphatic heterocycles. The fraction of sp³-hybridized carbons (Fsp3) is 0.417. The fourth-order valence-corrected chi connectivity index (χ4v) is 2.33. The van der Waals surface area contributed by atoms with Gasteiger partial charge in [-0.15, -0.1) is 11.6 Å². The van der Waals surface area contributed by atoms with Gasteiger partial charge in [0, 0.05) is 18.2 Å². The van der Waals surface area contributed by atoms with Crippen LogP contribution < -0.4 is 4.74 Å². The maximum atomic E-state index is 13.6. The summed E-state index contributed by atoms with van der Waals surface area (Å²) in [4.78, 5) is 4.36. The lowest BCUT2D eigenvalue weighted by Gasteiger charge is -2.06. The van der Waals surface area contributed by atoms with E-state index < -0.39 is 0 Å². The summed E-state index contributed by atoms with van der Waals surface area (Å²) in [5.41, 5.74) is 1.55. The summed E-state index contributed by atoms with van der Waals surface area (Å²) in [6.07, 6.45) is 2.27. The molecule has 0 saturated heterocycles. The second-order valence-electron chi connectivity index (χ2n) is 4.24. The van der Waals surface area contributed by atoms with Crippen molar-refractivity contribution < 1.29 is 9.13 Å². The van der Waals surface area contributed by atoms with Crippen LogP contribution in [0.4, 0.5) is 4.39 Å². The summed E-state index contributed by atoms with van der Waals surface area (Å²) in [6.45, 7) is 0. The Hall–Kier alpha value is -1.29. The number of aromatic nitrogens is 2. The van der Waals surface area contributed by atoms with Gasteiger partial charge in [0.2, 0.25) is 0 Å². The number of nitrogens with zero attached hydrogens (tertiary/aromatic N) is 2. The first-order chi connectivity index (χ1) is 8.24. The highest BCUT2D eigenvalue weighted by molar-refractivity contribution is 6.16. The van der Waals surface area contributed by atoms with Gasteiger partial charge in [-0.05, 0) is 12.8 Å². The molecule has 0 amide bonds. The number of fused-ring (bicyclic) bond motifs is 1. The van der Waals surface area contributed by atoms with Gasteiger partial charge in [0.1, 0.15) is 5.82 Å². The second kappa shape index (κ2) is 3.88. The Bertz CT molecular complexity index is 577. The van der Waals surface area contributed by atoms with Crippen molar-refractivity contribution in [1.29, 1.82) is 0 Å². The van der Waals surface area contributed by atoms with Crippen molar-refractivity contribution in [2.45, 2.75) is 24.8 Å². The van der Waals surface area contributed by atoms with Gasteiger partial charge in [0.15, 0.2) is 11.6 Å². The summed E-state index contributed by atoms with van der Waals surface area (Å²) >= 11 is 5.88. The lowest BCUT2D eigenvalue weighted by atomic mass is 10.3. The SMILES string of the molecule is COc1cc2c(cc1F)nc(CCl)n2C1CC1. The molecule has 1 aromatic heterocycles. The maximum absolute atomic E-state index is 13.6. The van der Waals surface area contributed by atoms with E-state index in [0.29, 0.717) is 17.4 Å². The Morgan fingerprint density at radius 2 is 2.29 bits per heavy atom. The van der Waals surface area contributed by atoms with E-state index >= 15 is 0 Å². The monoisotopic (exact) mass is 254 g/mol. The van der Waals surface area contributed by atoms with Crippen LogP contribution in [0.25, 0.3) is 11.0 Å². The van der Waals surface area contributed by atoms with Gasteiger partial charge < -0.3 is 9.30 Å². The van der Waals surface area contributed by atoms with Gasteiger partial charge in [-0.2, -0.15) is 0 Å². The number of alkyl halides is 1. The summed E-state index contributed by atoms with van der Waals surface area (Å²) in [6, 6.07) is 3.57. The van der Waals surface area contributed by atoms with Crippen molar-refractivity contribution in [3.8, 4) is 5.75 Å². The van der Waals surface area contributed by atoms with E-state index in [4.69, 9.17) is 16.3 Å². The third-order valence-corrected chi connectivity index (χ3v) is 3.31. The van der Waals surface area contributed by atoms with Gasteiger partial charge in [0.05, 0.1) is 24.0 Å². The molecule has 2 aromatic rings. The first-order valence-corrected chi connectivity index (χ1v) is 6.08. The van der Waals surface area contributed by atoms with Crippen molar-refractivity contribution in [3.05, 3.63) is 23.8 Å². The van der Waals surface area contributed by atoms with Gasteiger partial charge >= 0.3 is 0 Å². The summed E-state index contributed by atoms with van der Waals surface area (Å²) < 4.78 is 20.7. The van der Waals surface area contributed by atoms with Crippen LogP contribution in [-0.4, -0.2) is 16.7 Å². The van der Waals surface area contributed by atoms with E-state index in [1.165, 1.54) is 13.2 Å².